The topological polar surface area (TPSA) is 55.1 Å². The molecule has 0 atom stereocenters. The molecule has 4 nitrogen and oxygen atoms in total. The monoisotopic (exact) mass is 356 g/mol. The molecule has 0 saturated carbocycles. The molecule has 18 heavy (non-hydrogen) atoms. The van der Waals surface area contributed by atoms with E-state index in [9.17, 15) is 4.79 Å². The van der Waals surface area contributed by atoms with Gasteiger partial charge in [0, 0.05) is 6.54 Å². The standard InChI is InChI=1S/C13H13IN2O2/c14-12-11(13(17)18)9-15-16(12)8-4-7-10-5-2-1-3-6-10/h1-3,5-6,9H,4,7-8H2,(H,17,18). The minimum Gasteiger partial charge on any atom is -0.478 e. The largest absolute Gasteiger partial charge is 0.478 e. The van der Waals surface area contributed by atoms with Crippen LogP contribution in [0.25, 0.3) is 0 Å². The lowest BCUT2D eigenvalue weighted by atomic mass is 10.1. The van der Waals surface area contributed by atoms with Gasteiger partial charge in [0.2, 0.25) is 0 Å². The molecule has 0 bridgehead atoms. The summed E-state index contributed by atoms with van der Waals surface area (Å²) in [5.74, 6) is -0.922. The van der Waals surface area contributed by atoms with E-state index in [2.05, 4.69) is 17.2 Å². The van der Waals surface area contributed by atoms with Gasteiger partial charge in [-0.3, -0.25) is 4.68 Å². The fourth-order valence-corrected chi connectivity index (χ4v) is 2.48. The smallest absolute Gasteiger partial charge is 0.340 e. The summed E-state index contributed by atoms with van der Waals surface area (Å²) in [5.41, 5.74) is 1.56. The fraction of sp³-hybridized carbons (Fsp3) is 0.231. The van der Waals surface area contributed by atoms with E-state index in [1.807, 2.05) is 40.8 Å². The third-order valence-corrected chi connectivity index (χ3v) is 3.82. The first-order chi connectivity index (χ1) is 8.68. The molecule has 94 valence electrons. The summed E-state index contributed by atoms with van der Waals surface area (Å²) in [4.78, 5) is 10.9. The lowest BCUT2D eigenvalue weighted by Gasteiger charge is -2.04. The van der Waals surface area contributed by atoms with Gasteiger partial charge < -0.3 is 5.11 Å². The molecule has 0 fully saturated rings. The molecule has 0 radical (unpaired) electrons. The second kappa shape index (κ2) is 5.99. The Morgan fingerprint density at radius 3 is 2.67 bits per heavy atom. The minimum absolute atomic E-state index is 0.273. The van der Waals surface area contributed by atoms with Gasteiger partial charge in [-0.1, -0.05) is 30.3 Å². The van der Waals surface area contributed by atoms with Gasteiger partial charge in [0.1, 0.15) is 9.26 Å². The highest BCUT2D eigenvalue weighted by atomic mass is 127. The summed E-state index contributed by atoms with van der Waals surface area (Å²) in [6.07, 6.45) is 3.33. The van der Waals surface area contributed by atoms with Crippen molar-refractivity contribution in [1.29, 1.82) is 0 Å². The van der Waals surface area contributed by atoms with Crippen LogP contribution in [0.5, 0.6) is 0 Å². The van der Waals surface area contributed by atoms with E-state index in [0.29, 0.717) is 3.70 Å². The number of aryl methyl sites for hydroxylation is 2. The Morgan fingerprint density at radius 1 is 1.33 bits per heavy atom. The van der Waals surface area contributed by atoms with Gasteiger partial charge in [-0.2, -0.15) is 5.10 Å². The predicted octanol–water partition coefficient (Wildman–Crippen LogP) is 2.82. The molecule has 0 unspecified atom stereocenters. The van der Waals surface area contributed by atoms with Crippen LogP contribution >= 0.6 is 22.6 Å². The Kier molecular flexibility index (Phi) is 4.35. The number of hydrogen-bond donors (Lipinski definition) is 1. The van der Waals surface area contributed by atoms with Crippen molar-refractivity contribution in [3.63, 3.8) is 0 Å². The highest BCUT2D eigenvalue weighted by Crippen LogP contribution is 2.13. The highest BCUT2D eigenvalue weighted by molar-refractivity contribution is 14.1. The molecule has 0 aliphatic heterocycles. The molecule has 0 aliphatic rings. The van der Waals surface area contributed by atoms with Gasteiger partial charge >= 0.3 is 5.97 Å². The molecule has 0 amide bonds. The maximum atomic E-state index is 10.9. The van der Waals surface area contributed by atoms with Crippen LogP contribution in [-0.2, 0) is 13.0 Å². The van der Waals surface area contributed by atoms with Crippen molar-refractivity contribution in [3.8, 4) is 0 Å². The molecule has 5 heteroatoms. The molecule has 2 rings (SSSR count). The van der Waals surface area contributed by atoms with E-state index < -0.39 is 5.97 Å². The lowest BCUT2D eigenvalue weighted by Crippen LogP contribution is -2.05. The van der Waals surface area contributed by atoms with Crippen LogP contribution in [0, 0.1) is 3.70 Å². The number of hydrogen-bond acceptors (Lipinski definition) is 2. The number of carbonyl (C=O) groups is 1. The molecule has 0 saturated heterocycles. The van der Waals surface area contributed by atoms with Gasteiger partial charge in [0.15, 0.2) is 0 Å². The van der Waals surface area contributed by atoms with Crippen LogP contribution in [0.15, 0.2) is 36.5 Å². The zero-order valence-electron chi connectivity index (χ0n) is 9.71. The third kappa shape index (κ3) is 3.10. The van der Waals surface area contributed by atoms with Crippen molar-refractivity contribution in [1.82, 2.24) is 9.78 Å². The Morgan fingerprint density at radius 2 is 2.06 bits per heavy atom. The van der Waals surface area contributed by atoms with E-state index in [1.165, 1.54) is 11.8 Å². The summed E-state index contributed by atoms with van der Waals surface area (Å²) in [7, 11) is 0. The molecular weight excluding hydrogens is 343 g/mol. The van der Waals surface area contributed by atoms with Crippen molar-refractivity contribution in [2.75, 3.05) is 0 Å². The summed E-state index contributed by atoms with van der Waals surface area (Å²) in [5, 5.41) is 13.0. The van der Waals surface area contributed by atoms with Crippen LogP contribution < -0.4 is 0 Å². The first-order valence-corrected chi connectivity index (χ1v) is 6.75. The Balaban J connectivity index is 1.93. The molecular formula is C13H13IN2O2. The van der Waals surface area contributed by atoms with Crippen molar-refractivity contribution in [2.45, 2.75) is 19.4 Å². The number of nitrogens with zero attached hydrogens (tertiary/aromatic N) is 2. The van der Waals surface area contributed by atoms with Crippen molar-refractivity contribution < 1.29 is 9.90 Å². The number of benzene rings is 1. The van der Waals surface area contributed by atoms with Crippen molar-refractivity contribution in [2.24, 2.45) is 0 Å². The average molecular weight is 356 g/mol. The first kappa shape index (κ1) is 13.1. The molecule has 1 aromatic carbocycles. The molecule has 0 aliphatic carbocycles. The zero-order chi connectivity index (χ0) is 13.0. The second-order valence-corrected chi connectivity index (χ2v) is 4.99. The van der Waals surface area contributed by atoms with Crippen LogP contribution in [0.4, 0.5) is 0 Å². The van der Waals surface area contributed by atoms with Gasteiger partial charge in [-0.25, -0.2) is 4.79 Å². The number of aromatic carboxylic acids is 1. The summed E-state index contributed by atoms with van der Waals surface area (Å²) in [6.45, 7) is 0.737. The molecule has 1 N–H and O–H groups in total. The Bertz CT molecular complexity index is 537. The van der Waals surface area contributed by atoms with Crippen molar-refractivity contribution in [3.05, 3.63) is 51.4 Å². The van der Waals surface area contributed by atoms with Crippen LogP contribution in [0.2, 0.25) is 0 Å². The minimum atomic E-state index is -0.922. The Labute approximate surface area is 119 Å². The lowest BCUT2D eigenvalue weighted by molar-refractivity contribution is 0.0695. The van der Waals surface area contributed by atoms with Gasteiger partial charge in [-0.15, -0.1) is 0 Å². The van der Waals surface area contributed by atoms with Gasteiger partial charge in [-0.05, 0) is 41.0 Å². The number of carboxylic acid groups (broad SMARTS) is 1. The SMILES string of the molecule is O=C(O)c1cnn(CCCc2ccccc2)c1I. The number of rotatable bonds is 5. The van der Waals surface area contributed by atoms with Crippen LogP contribution in [-0.4, -0.2) is 20.9 Å². The maximum absolute atomic E-state index is 10.9. The number of carboxylic acids is 1. The van der Waals surface area contributed by atoms with E-state index in [0.717, 1.165) is 19.4 Å². The van der Waals surface area contributed by atoms with Gasteiger partial charge in [0.05, 0.1) is 6.20 Å². The van der Waals surface area contributed by atoms with E-state index in [4.69, 9.17) is 5.11 Å². The summed E-state index contributed by atoms with van der Waals surface area (Å²) in [6, 6.07) is 10.2. The number of aromatic nitrogens is 2. The summed E-state index contributed by atoms with van der Waals surface area (Å²) < 4.78 is 2.43. The molecule has 2 aromatic rings. The summed E-state index contributed by atoms with van der Waals surface area (Å²) >= 11 is 2.03. The van der Waals surface area contributed by atoms with Crippen molar-refractivity contribution >= 4 is 28.6 Å². The number of halogens is 1. The van der Waals surface area contributed by atoms with Crippen LogP contribution in [0.3, 0.4) is 0 Å². The van der Waals surface area contributed by atoms with E-state index in [1.54, 1.807) is 4.68 Å². The predicted molar refractivity (Wildman–Crippen MR) is 76.7 cm³/mol. The van der Waals surface area contributed by atoms with Gasteiger partial charge in [0.25, 0.3) is 0 Å². The first-order valence-electron chi connectivity index (χ1n) is 5.67. The average Bonchev–Trinajstić information content (AvgIpc) is 2.73. The van der Waals surface area contributed by atoms with Crippen LogP contribution in [0.1, 0.15) is 22.3 Å². The normalized spacial score (nSPS) is 10.5. The zero-order valence-corrected chi connectivity index (χ0v) is 11.9. The maximum Gasteiger partial charge on any atom is 0.340 e. The molecule has 1 aromatic heterocycles. The van der Waals surface area contributed by atoms with E-state index in [-0.39, 0.29) is 5.56 Å². The quantitative estimate of drug-likeness (QED) is 0.839. The fourth-order valence-electron chi connectivity index (χ4n) is 1.75. The molecule has 0 spiro atoms. The third-order valence-electron chi connectivity index (χ3n) is 2.68. The second-order valence-electron chi connectivity index (χ2n) is 3.97. The highest BCUT2D eigenvalue weighted by Gasteiger charge is 2.13. The molecule has 1 heterocycles. The van der Waals surface area contributed by atoms with E-state index >= 15 is 0 Å². The Hall–Kier alpha value is -1.37.